The molecule has 1 aliphatic rings. The third-order valence-electron chi connectivity index (χ3n) is 7.62. The molecule has 1 atom stereocenters. The van der Waals surface area contributed by atoms with Crippen LogP contribution in [0.25, 0.3) is 0 Å². The summed E-state index contributed by atoms with van der Waals surface area (Å²) in [6, 6.07) is 22.2. The molecule has 8 heteroatoms. The Morgan fingerprint density at radius 2 is 1.57 bits per heavy atom. The number of rotatable bonds is 10. The van der Waals surface area contributed by atoms with Crippen LogP contribution in [0, 0.1) is 13.8 Å². The average Bonchev–Trinajstić information content (AvgIpc) is 2.96. The summed E-state index contributed by atoms with van der Waals surface area (Å²) in [6.07, 6.45) is 5.19. The summed E-state index contributed by atoms with van der Waals surface area (Å²) in [4.78, 5) is 29.1. The maximum atomic E-state index is 14.1. The van der Waals surface area contributed by atoms with Crippen LogP contribution in [0.3, 0.4) is 0 Å². The van der Waals surface area contributed by atoms with Crippen molar-refractivity contribution in [3.05, 3.63) is 95.6 Å². The van der Waals surface area contributed by atoms with E-state index in [2.05, 4.69) is 5.32 Å². The van der Waals surface area contributed by atoms with Crippen molar-refractivity contribution in [2.45, 2.75) is 76.4 Å². The van der Waals surface area contributed by atoms with Crippen molar-refractivity contribution in [3.8, 4) is 0 Å². The molecule has 4 rings (SSSR count). The lowest BCUT2D eigenvalue weighted by Gasteiger charge is -2.33. The van der Waals surface area contributed by atoms with Gasteiger partial charge in [-0.1, -0.05) is 73.9 Å². The van der Waals surface area contributed by atoms with Crippen LogP contribution >= 0.6 is 0 Å². The van der Waals surface area contributed by atoms with Crippen molar-refractivity contribution in [2.75, 3.05) is 10.8 Å². The first kappa shape index (κ1) is 29.3. The van der Waals surface area contributed by atoms with Crippen molar-refractivity contribution >= 4 is 27.5 Å². The quantitative estimate of drug-likeness (QED) is 0.361. The minimum atomic E-state index is -4.06. The van der Waals surface area contributed by atoms with Crippen LogP contribution in [0.2, 0.25) is 0 Å². The lowest BCUT2D eigenvalue weighted by Crippen LogP contribution is -2.53. The Balaban J connectivity index is 1.67. The summed E-state index contributed by atoms with van der Waals surface area (Å²) in [5.74, 6) is -0.669. The fraction of sp³-hybridized carbons (Fsp3) is 0.375. The fourth-order valence-corrected chi connectivity index (χ4v) is 6.58. The lowest BCUT2D eigenvalue weighted by molar-refractivity contribution is -0.139. The highest BCUT2D eigenvalue weighted by molar-refractivity contribution is 7.92. The van der Waals surface area contributed by atoms with Gasteiger partial charge in [-0.3, -0.25) is 13.9 Å². The highest BCUT2D eigenvalue weighted by Crippen LogP contribution is 2.26. The van der Waals surface area contributed by atoms with Gasteiger partial charge in [-0.2, -0.15) is 0 Å². The number of amides is 2. The Labute approximate surface area is 238 Å². The van der Waals surface area contributed by atoms with Crippen LogP contribution in [0.4, 0.5) is 5.69 Å². The minimum Gasteiger partial charge on any atom is -0.352 e. The molecular weight excluding hydrogens is 522 g/mol. The van der Waals surface area contributed by atoms with Crippen LogP contribution in [0.5, 0.6) is 0 Å². The van der Waals surface area contributed by atoms with Crippen LogP contribution in [0.15, 0.2) is 83.8 Å². The zero-order valence-corrected chi connectivity index (χ0v) is 24.4. The number of hydrogen-bond donors (Lipinski definition) is 1. The standard InChI is InChI=1S/C32H39N3O4S/c1-24-13-12-18-29(21-24)35(40(38,39)30-19-8-5-9-20-30)23-31(36)34(22-27-15-11-10-14-25(27)2)26(3)32(37)33-28-16-6-4-7-17-28/h5,8-15,18-21,26,28H,4,6-7,16-17,22-23H2,1-3H3,(H,33,37). The number of hydrogen-bond acceptors (Lipinski definition) is 4. The number of benzene rings is 3. The Kier molecular flexibility index (Phi) is 9.63. The molecule has 3 aromatic rings. The van der Waals surface area contributed by atoms with Gasteiger partial charge in [0.1, 0.15) is 12.6 Å². The Morgan fingerprint density at radius 1 is 0.900 bits per heavy atom. The van der Waals surface area contributed by atoms with E-state index >= 15 is 0 Å². The maximum absolute atomic E-state index is 14.1. The first-order valence-electron chi connectivity index (χ1n) is 14.0. The predicted molar refractivity (Wildman–Crippen MR) is 158 cm³/mol. The molecule has 212 valence electrons. The molecule has 0 heterocycles. The Morgan fingerprint density at radius 3 is 2.25 bits per heavy atom. The van der Waals surface area contributed by atoms with Crippen molar-refractivity contribution < 1.29 is 18.0 Å². The van der Waals surface area contributed by atoms with Crippen LogP contribution in [0.1, 0.15) is 55.7 Å². The number of carbonyl (C=O) groups excluding carboxylic acids is 2. The Bertz CT molecular complexity index is 1420. The van der Waals surface area contributed by atoms with Gasteiger partial charge in [0.15, 0.2) is 0 Å². The maximum Gasteiger partial charge on any atom is 0.264 e. The molecule has 2 amide bonds. The van der Waals surface area contributed by atoms with Crippen molar-refractivity contribution in [3.63, 3.8) is 0 Å². The molecule has 3 aromatic carbocycles. The van der Waals surface area contributed by atoms with Gasteiger partial charge >= 0.3 is 0 Å². The number of carbonyl (C=O) groups is 2. The third kappa shape index (κ3) is 7.10. The summed E-state index contributed by atoms with van der Waals surface area (Å²) in [6.45, 7) is 5.31. The lowest BCUT2D eigenvalue weighted by atomic mass is 9.95. The Hall–Kier alpha value is -3.65. The number of sulfonamides is 1. The SMILES string of the molecule is Cc1cccc(N(CC(=O)N(Cc2ccccc2C)C(C)C(=O)NC2CCCCC2)S(=O)(=O)c2ccccc2)c1. The van der Waals surface area contributed by atoms with Gasteiger partial charge in [-0.05, 0) is 74.6 Å². The molecule has 0 aliphatic heterocycles. The van der Waals surface area contributed by atoms with Crippen LogP contribution in [-0.2, 0) is 26.2 Å². The summed E-state index contributed by atoms with van der Waals surface area (Å²) in [5.41, 5.74) is 3.16. The normalized spacial score (nSPS) is 14.8. The predicted octanol–water partition coefficient (Wildman–Crippen LogP) is 5.36. The number of nitrogens with one attached hydrogen (secondary N) is 1. The van der Waals surface area contributed by atoms with E-state index in [0.29, 0.717) is 5.69 Å². The second kappa shape index (κ2) is 13.1. The van der Waals surface area contributed by atoms with Crippen LogP contribution < -0.4 is 9.62 Å². The van der Waals surface area contributed by atoms with Gasteiger partial charge in [0.2, 0.25) is 11.8 Å². The van der Waals surface area contributed by atoms with E-state index in [9.17, 15) is 18.0 Å². The largest absolute Gasteiger partial charge is 0.352 e. The third-order valence-corrected chi connectivity index (χ3v) is 9.41. The molecule has 40 heavy (non-hydrogen) atoms. The van der Waals surface area contributed by atoms with Gasteiger partial charge in [-0.25, -0.2) is 8.42 Å². The van der Waals surface area contributed by atoms with E-state index in [1.54, 1.807) is 43.3 Å². The topological polar surface area (TPSA) is 86.8 Å². The van der Waals surface area contributed by atoms with Gasteiger partial charge in [0, 0.05) is 12.6 Å². The summed E-state index contributed by atoms with van der Waals surface area (Å²) in [5, 5.41) is 3.14. The van der Waals surface area contributed by atoms with E-state index < -0.39 is 28.5 Å². The van der Waals surface area contributed by atoms with E-state index in [-0.39, 0.29) is 23.4 Å². The smallest absolute Gasteiger partial charge is 0.264 e. The van der Waals surface area contributed by atoms with Gasteiger partial charge in [0.05, 0.1) is 10.6 Å². The monoisotopic (exact) mass is 561 g/mol. The molecule has 1 saturated carbocycles. The number of anilines is 1. The first-order valence-corrected chi connectivity index (χ1v) is 15.4. The fourth-order valence-electron chi connectivity index (χ4n) is 5.15. The van der Waals surface area contributed by atoms with Gasteiger partial charge < -0.3 is 10.2 Å². The van der Waals surface area contributed by atoms with E-state index in [4.69, 9.17) is 0 Å². The molecule has 0 bridgehead atoms. The van der Waals surface area contributed by atoms with Crippen molar-refractivity contribution in [1.29, 1.82) is 0 Å². The summed E-state index contributed by atoms with van der Waals surface area (Å²) in [7, 11) is -4.06. The second-order valence-electron chi connectivity index (χ2n) is 10.6. The first-order chi connectivity index (χ1) is 19.2. The van der Waals surface area contributed by atoms with Crippen molar-refractivity contribution in [1.82, 2.24) is 10.2 Å². The molecule has 0 aromatic heterocycles. The molecule has 1 N–H and O–H groups in total. The summed E-state index contributed by atoms with van der Waals surface area (Å²) >= 11 is 0. The second-order valence-corrected chi connectivity index (χ2v) is 12.5. The van der Waals surface area contributed by atoms with E-state index in [1.165, 1.54) is 23.5 Å². The van der Waals surface area contributed by atoms with Crippen LogP contribution in [-0.4, -0.2) is 43.8 Å². The van der Waals surface area contributed by atoms with E-state index in [0.717, 1.165) is 46.7 Å². The molecule has 1 fully saturated rings. The zero-order chi connectivity index (χ0) is 28.7. The van der Waals surface area contributed by atoms with E-state index in [1.807, 2.05) is 44.2 Å². The molecule has 0 spiro atoms. The van der Waals surface area contributed by atoms with Gasteiger partial charge in [0.25, 0.3) is 10.0 Å². The number of aryl methyl sites for hydroxylation is 2. The van der Waals surface area contributed by atoms with Gasteiger partial charge in [-0.15, -0.1) is 0 Å². The molecule has 0 saturated heterocycles. The average molecular weight is 562 g/mol. The zero-order valence-electron chi connectivity index (χ0n) is 23.5. The molecule has 7 nitrogen and oxygen atoms in total. The molecular formula is C32H39N3O4S. The molecule has 1 unspecified atom stereocenters. The highest BCUT2D eigenvalue weighted by Gasteiger charge is 2.33. The number of nitrogens with zero attached hydrogens (tertiary/aromatic N) is 2. The highest BCUT2D eigenvalue weighted by atomic mass is 32.2. The minimum absolute atomic E-state index is 0.0952. The van der Waals surface area contributed by atoms with Crippen molar-refractivity contribution in [2.24, 2.45) is 0 Å². The summed E-state index contributed by atoms with van der Waals surface area (Å²) < 4.78 is 28.9. The molecule has 1 aliphatic carbocycles. The molecule has 0 radical (unpaired) electrons.